The van der Waals surface area contributed by atoms with E-state index in [2.05, 4.69) is 36.8 Å². The highest BCUT2D eigenvalue weighted by atomic mass is 79.9. The number of oxime groups is 1. The zero-order chi connectivity index (χ0) is 9.36. The van der Waals surface area contributed by atoms with Crippen LogP contribution in [0.25, 0.3) is 0 Å². The van der Waals surface area contributed by atoms with Gasteiger partial charge >= 0.3 is 0 Å². The van der Waals surface area contributed by atoms with E-state index in [0.717, 1.165) is 5.56 Å². The molecule has 0 saturated heterocycles. The molecule has 0 radical (unpaired) electrons. The van der Waals surface area contributed by atoms with Crippen LogP contribution in [-0.4, -0.2) is 17.8 Å². The van der Waals surface area contributed by atoms with Crippen molar-refractivity contribution in [3.05, 3.63) is 30.1 Å². The van der Waals surface area contributed by atoms with Crippen LogP contribution >= 0.6 is 15.9 Å². The maximum atomic E-state index is 4.82. The summed E-state index contributed by atoms with van der Waals surface area (Å²) < 4.78 is 0. The molecule has 13 heavy (non-hydrogen) atoms. The Hall–Kier alpha value is -1.34. The summed E-state index contributed by atoms with van der Waals surface area (Å²) in [5.74, 6) is 2.65. The Kier molecular flexibility index (Phi) is 4.65. The summed E-state index contributed by atoms with van der Waals surface area (Å²) in [5, 5.41) is 3.70. The van der Waals surface area contributed by atoms with E-state index in [4.69, 9.17) is 4.84 Å². The number of hydrogen-bond donors (Lipinski definition) is 0. The SMILES string of the molecule is BrC#CCO/N=C/c1ccncc1. The number of hydrogen-bond acceptors (Lipinski definition) is 3. The number of nitrogens with zero attached hydrogens (tertiary/aromatic N) is 2. The Balaban J connectivity index is 2.35. The normalized spacial score (nSPS) is 9.31. The Bertz CT molecular complexity index is 326. The lowest BCUT2D eigenvalue weighted by molar-refractivity contribution is 0.181. The van der Waals surface area contributed by atoms with Gasteiger partial charge in [-0.2, -0.15) is 0 Å². The van der Waals surface area contributed by atoms with Crippen molar-refractivity contribution in [3.8, 4) is 10.8 Å². The smallest absolute Gasteiger partial charge is 0.178 e. The van der Waals surface area contributed by atoms with Crippen molar-refractivity contribution >= 4 is 22.1 Å². The predicted molar refractivity (Wildman–Crippen MR) is 54.5 cm³/mol. The first-order valence-electron chi connectivity index (χ1n) is 3.57. The summed E-state index contributed by atoms with van der Waals surface area (Å²) in [4.78, 5) is 11.2. The lowest BCUT2D eigenvalue weighted by Gasteiger charge is -1.90. The first-order chi connectivity index (χ1) is 6.43. The van der Waals surface area contributed by atoms with Crippen LogP contribution in [0.3, 0.4) is 0 Å². The number of rotatable bonds is 3. The number of aromatic nitrogens is 1. The molecule has 1 aromatic heterocycles. The van der Waals surface area contributed by atoms with Crippen LogP contribution in [0.5, 0.6) is 0 Å². The molecule has 0 unspecified atom stereocenters. The zero-order valence-corrected chi connectivity index (χ0v) is 8.36. The van der Waals surface area contributed by atoms with E-state index < -0.39 is 0 Å². The molecule has 0 aliphatic carbocycles. The van der Waals surface area contributed by atoms with Crippen LogP contribution in [0.2, 0.25) is 0 Å². The van der Waals surface area contributed by atoms with Crippen molar-refractivity contribution in [1.29, 1.82) is 0 Å². The Morgan fingerprint density at radius 2 is 2.31 bits per heavy atom. The Labute approximate surface area is 84.9 Å². The van der Waals surface area contributed by atoms with Crippen molar-refractivity contribution < 1.29 is 4.84 Å². The fraction of sp³-hybridized carbons (Fsp3) is 0.111. The third-order valence-electron chi connectivity index (χ3n) is 1.19. The molecule has 1 aromatic rings. The highest BCUT2D eigenvalue weighted by Gasteiger charge is 1.83. The van der Waals surface area contributed by atoms with Crippen LogP contribution in [0, 0.1) is 10.8 Å². The minimum absolute atomic E-state index is 0.285. The number of pyridine rings is 1. The highest BCUT2D eigenvalue weighted by Crippen LogP contribution is 1.91. The van der Waals surface area contributed by atoms with Gasteiger partial charge in [0.05, 0.1) is 6.21 Å². The summed E-state index contributed by atoms with van der Waals surface area (Å²) in [6.07, 6.45) is 5.00. The fourth-order valence-electron chi connectivity index (χ4n) is 0.644. The van der Waals surface area contributed by atoms with Gasteiger partial charge in [-0.1, -0.05) is 5.16 Å². The maximum Gasteiger partial charge on any atom is 0.178 e. The van der Waals surface area contributed by atoms with Crippen molar-refractivity contribution in [2.45, 2.75) is 0 Å². The van der Waals surface area contributed by atoms with E-state index in [1.807, 2.05) is 12.1 Å². The molecule has 0 spiro atoms. The van der Waals surface area contributed by atoms with Gasteiger partial charge in [-0.15, -0.1) is 0 Å². The van der Waals surface area contributed by atoms with Gasteiger partial charge in [0, 0.05) is 28.3 Å². The molecule has 0 amide bonds. The number of halogens is 1. The second-order valence-electron chi connectivity index (χ2n) is 2.06. The van der Waals surface area contributed by atoms with Gasteiger partial charge in [-0.25, -0.2) is 0 Å². The average molecular weight is 239 g/mol. The summed E-state index contributed by atoms with van der Waals surface area (Å²) >= 11 is 2.95. The molecule has 66 valence electrons. The lowest BCUT2D eigenvalue weighted by atomic mass is 10.3. The van der Waals surface area contributed by atoms with E-state index in [1.54, 1.807) is 18.6 Å². The second-order valence-corrected chi connectivity index (χ2v) is 2.46. The third-order valence-corrected chi connectivity index (χ3v) is 1.47. The largest absolute Gasteiger partial charge is 0.383 e. The molecule has 4 heteroatoms. The molecule has 0 aliphatic rings. The van der Waals surface area contributed by atoms with Crippen LogP contribution in [0.1, 0.15) is 5.56 Å². The van der Waals surface area contributed by atoms with Gasteiger partial charge in [-0.3, -0.25) is 4.98 Å². The molecular weight excluding hydrogens is 232 g/mol. The predicted octanol–water partition coefficient (Wildman–Crippen LogP) is 1.79. The molecule has 0 aliphatic heterocycles. The van der Waals surface area contributed by atoms with Gasteiger partial charge in [-0.05, 0) is 28.4 Å². The van der Waals surface area contributed by atoms with Crippen molar-refractivity contribution in [2.24, 2.45) is 5.16 Å². The fourth-order valence-corrected chi connectivity index (χ4v) is 0.759. The lowest BCUT2D eigenvalue weighted by Crippen LogP contribution is -1.85. The van der Waals surface area contributed by atoms with Crippen LogP contribution in [0.15, 0.2) is 29.7 Å². The minimum atomic E-state index is 0.285. The molecule has 0 N–H and O–H groups in total. The summed E-state index contributed by atoms with van der Waals surface area (Å²) in [5.41, 5.74) is 0.946. The van der Waals surface area contributed by atoms with Crippen molar-refractivity contribution in [2.75, 3.05) is 6.61 Å². The van der Waals surface area contributed by atoms with Gasteiger partial charge in [0.1, 0.15) is 0 Å². The Morgan fingerprint density at radius 1 is 1.54 bits per heavy atom. The standard InChI is InChI=1S/C9H7BrN2O/c10-4-1-7-13-12-8-9-2-5-11-6-3-9/h2-3,5-6,8H,7H2/b12-8+. The van der Waals surface area contributed by atoms with E-state index in [0.29, 0.717) is 0 Å². The molecule has 1 rings (SSSR count). The molecule has 0 atom stereocenters. The summed E-state index contributed by atoms with van der Waals surface area (Å²) in [7, 11) is 0. The first-order valence-corrected chi connectivity index (χ1v) is 4.36. The van der Waals surface area contributed by atoms with E-state index in [1.165, 1.54) is 0 Å². The molecule has 0 aromatic carbocycles. The van der Waals surface area contributed by atoms with E-state index >= 15 is 0 Å². The van der Waals surface area contributed by atoms with Gasteiger partial charge in [0.2, 0.25) is 0 Å². The molecule has 0 bridgehead atoms. The van der Waals surface area contributed by atoms with Gasteiger partial charge in [0.15, 0.2) is 6.61 Å². The quantitative estimate of drug-likeness (QED) is 0.349. The maximum absolute atomic E-state index is 4.82. The Morgan fingerprint density at radius 3 is 3.00 bits per heavy atom. The average Bonchev–Trinajstić information content (AvgIpc) is 2.19. The van der Waals surface area contributed by atoms with Crippen LogP contribution < -0.4 is 0 Å². The minimum Gasteiger partial charge on any atom is -0.383 e. The van der Waals surface area contributed by atoms with E-state index in [9.17, 15) is 0 Å². The molecule has 0 fully saturated rings. The topological polar surface area (TPSA) is 34.5 Å². The third kappa shape index (κ3) is 4.28. The van der Waals surface area contributed by atoms with Gasteiger partial charge < -0.3 is 4.84 Å². The van der Waals surface area contributed by atoms with Crippen molar-refractivity contribution in [3.63, 3.8) is 0 Å². The molecule has 3 nitrogen and oxygen atoms in total. The van der Waals surface area contributed by atoms with Crippen molar-refractivity contribution in [1.82, 2.24) is 4.98 Å². The van der Waals surface area contributed by atoms with Crippen LogP contribution in [0.4, 0.5) is 0 Å². The highest BCUT2D eigenvalue weighted by molar-refractivity contribution is 9.12. The van der Waals surface area contributed by atoms with Crippen LogP contribution in [-0.2, 0) is 4.84 Å². The molecule has 0 saturated carbocycles. The summed E-state index contributed by atoms with van der Waals surface area (Å²) in [6.45, 7) is 0.285. The van der Waals surface area contributed by atoms with E-state index in [-0.39, 0.29) is 6.61 Å². The first kappa shape index (κ1) is 9.75. The monoisotopic (exact) mass is 238 g/mol. The molecular formula is C9H7BrN2O. The molecule has 1 heterocycles. The summed E-state index contributed by atoms with van der Waals surface area (Å²) in [6, 6.07) is 3.67. The second kappa shape index (κ2) is 6.21. The van der Waals surface area contributed by atoms with Gasteiger partial charge in [0.25, 0.3) is 0 Å². The zero-order valence-electron chi connectivity index (χ0n) is 6.77.